The highest BCUT2D eigenvalue weighted by molar-refractivity contribution is 9.09. The number of alkyl halides is 1. The average molecular weight is 449 g/mol. The predicted octanol–water partition coefficient (Wildman–Crippen LogP) is 5.27. The molecule has 0 atom stereocenters. The van der Waals surface area contributed by atoms with E-state index in [2.05, 4.69) is 52.1 Å². The molecule has 0 fully saturated rings. The van der Waals surface area contributed by atoms with E-state index in [1.807, 2.05) is 36.6 Å². The van der Waals surface area contributed by atoms with Gasteiger partial charge in [0.1, 0.15) is 0 Å². The van der Waals surface area contributed by atoms with Gasteiger partial charge in [0.05, 0.1) is 11.0 Å². The largest absolute Gasteiger partial charge is 0.397 e. The number of hydrogen-bond donors (Lipinski definition) is 2. The molecule has 0 amide bonds. The zero-order valence-electron chi connectivity index (χ0n) is 15.8. The molecule has 3 N–H and O–H groups in total. The molecule has 0 aliphatic carbocycles. The minimum Gasteiger partial charge on any atom is -0.397 e. The summed E-state index contributed by atoms with van der Waals surface area (Å²) in [6.45, 7) is 6.00. The molecule has 6 heteroatoms. The van der Waals surface area contributed by atoms with Gasteiger partial charge in [0.15, 0.2) is 10.9 Å². The fourth-order valence-corrected chi connectivity index (χ4v) is 2.86. The first-order chi connectivity index (χ1) is 12.9. The lowest BCUT2D eigenvalue weighted by atomic mass is 10.1. The lowest BCUT2D eigenvalue weighted by Crippen LogP contribution is -1.98. The molecule has 3 aromatic rings. The summed E-state index contributed by atoms with van der Waals surface area (Å²) in [6.07, 6.45) is 0. The summed E-state index contributed by atoms with van der Waals surface area (Å²) in [4.78, 5) is 15.3. The molecule has 2 aromatic carbocycles. The van der Waals surface area contributed by atoms with Crippen molar-refractivity contribution < 1.29 is 9.90 Å². The normalized spacial score (nSPS) is 9.52. The maximum absolute atomic E-state index is 11.1. The second-order valence-electron chi connectivity index (χ2n) is 5.68. The number of thiazole rings is 1. The van der Waals surface area contributed by atoms with Crippen LogP contribution in [0.25, 0.3) is 11.3 Å². The van der Waals surface area contributed by atoms with Gasteiger partial charge >= 0.3 is 0 Å². The zero-order valence-corrected chi connectivity index (χ0v) is 18.2. The van der Waals surface area contributed by atoms with Crippen molar-refractivity contribution in [2.75, 3.05) is 17.7 Å². The highest BCUT2D eigenvalue weighted by Gasteiger charge is 2.01. The van der Waals surface area contributed by atoms with Crippen molar-refractivity contribution in [3.63, 3.8) is 0 Å². The number of benzene rings is 2. The number of rotatable bonds is 3. The molecular formula is C21H25BrN2O2S. The second kappa shape index (κ2) is 12.4. The van der Waals surface area contributed by atoms with Gasteiger partial charge in [-0.2, -0.15) is 0 Å². The van der Waals surface area contributed by atoms with E-state index < -0.39 is 0 Å². The summed E-state index contributed by atoms with van der Waals surface area (Å²) in [5, 5.41) is 10.6. The van der Waals surface area contributed by atoms with E-state index >= 15 is 0 Å². The van der Waals surface area contributed by atoms with Gasteiger partial charge in [-0.05, 0) is 20.8 Å². The predicted molar refractivity (Wildman–Crippen MR) is 119 cm³/mol. The molecule has 0 radical (unpaired) electrons. The van der Waals surface area contributed by atoms with Gasteiger partial charge in [0.2, 0.25) is 0 Å². The Morgan fingerprint density at radius 2 is 1.56 bits per heavy atom. The molecule has 0 saturated carbocycles. The minimum absolute atomic E-state index is 0.130. The van der Waals surface area contributed by atoms with Gasteiger partial charge in [0, 0.05) is 23.1 Å². The van der Waals surface area contributed by atoms with Gasteiger partial charge in [-0.1, -0.05) is 75.6 Å². The molecule has 0 aliphatic heterocycles. The van der Waals surface area contributed by atoms with Crippen LogP contribution in [-0.2, 0) is 0 Å². The molecule has 3 rings (SSSR count). The Morgan fingerprint density at radius 1 is 1.07 bits per heavy atom. The van der Waals surface area contributed by atoms with Crippen LogP contribution in [0.3, 0.4) is 0 Å². The Labute approximate surface area is 173 Å². The number of anilines is 1. The van der Waals surface area contributed by atoms with Crippen molar-refractivity contribution in [1.29, 1.82) is 0 Å². The molecule has 1 aromatic heterocycles. The number of halogens is 1. The van der Waals surface area contributed by atoms with Crippen LogP contribution in [0.2, 0.25) is 0 Å². The van der Waals surface area contributed by atoms with Gasteiger partial charge in [-0.25, -0.2) is 4.98 Å². The number of nitrogen functional groups attached to an aromatic ring is 1. The summed E-state index contributed by atoms with van der Waals surface area (Å²) in [5.74, 6) is 0.130. The van der Waals surface area contributed by atoms with Crippen molar-refractivity contribution in [3.8, 4) is 11.3 Å². The number of hydrogen-bond acceptors (Lipinski definition) is 5. The van der Waals surface area contributed by atoms with Crippen molar-refractivity contribution in [2.45, 2.75) is 20.8 Å². The Morgan fingerprint density at radius 3 is 1.96 bits per heavy atom. The van der Waals surface area contributed by atoms with Gasteiger partial charge in [-0.15, -0.1) is 11.3 Å². The van der Waals surface area contributed by atoms with Crippen LogP contribution in [-0.4, -0.2) is 27.8 Å². The third kappa shape index (κ3) is 8.47. The molecule has 0 unspecified atom stereocenters. The first-order valence-electron chi connectivity index (χ1n) is 8.46. The standard InChI is InChI=1S/C10H10N2S.C9H9BrO.C2H6O/c1-7-2-4-8(5-3-7)9-6-13-10(11)12-9;1-7-2-4-8(5-3-7)9(11)6-10;1-2-3/h2-6H,1H3,(H2,11,12);2-5H,6H2,1H3;3H,2H2,1H3. The topological polar surface area (TPSA) is 76.2 Å². The Kier molecular flexibility index (Phi) is 10.6. The SMILES string of the molecule is CCO.Cc1ccc(-c2csc(N)n2)cc1.Cc1ccc(C(=O)CBr)cc1. The van der Waals surface area contributed by atoms with E-state index in [4.69, 9.17) is 10.8 Å². The van der Waals surface area contributed by atoms with Crippen molar-refractivity contribution >= 4 is 38.2 Å². The lowest BCUT2D eigenvalue weighted by Gasteiger charge is -1.96. The number of carbonyl (C=O) groups excluding carboxylic acids is 1. The number of ketones is 1. The maximum atomic E-state index is 11.1. The van der Waals surface area contributed by atoms with E-state index in [1.54, 1.807) is 6.92 Å². The second-order valence-corrected chi connectivity index (χ2v) is 7.13. The molecule has 0 bridgehead atoms. The molecule has 0 saturated heterocycles. The number of nitrogens with zero attached hydrogens (tertiary/aromatic N) is 1. The Hall–Kier alpha value is -2.02. The fourth-order valence-electron chi connectivity index (χ4n) is 1.96. The lowest BCUT2D eigenvalue weighted by molar-refractivity contribution is 0.102. The highest BCUT2D eigenvalue weighted by atomic mass is 79.9. The fraction of sp³-hybridized carbons (Fsp3) is 0.238. The molecular weight excluding hydrogens is 424 g/mol. The number of aliphatic hydroxyl groups is 1. The Balaban J connectivity index is 0.000000239. The van der Waals surface area contributed by atoms with Crippen LogP contribution in [0.1, 0.15) is 28.4 Å². The first kappa shape index (κ1) is 23.0. The molecule has 1 heterocycles. The van der Waals surface area contributed by atoms with Crippen LogP contribution in [0, 0.1) is 13.8 Å². The quantitative estimate of drug-likeness (QED) is 0.422. The molecule has 4 nitrogen and oxygen atoms in total. The van der Waals surface area contributed by atoms with Gasteiger partial charge < -0.3 is 10.8 Å². The maximum Gasteiger partial charge on any atom is 0.180 e. The van der Waals surface area contributed by atoms with Gasteiger partial charge in [-0.3, -0.25) is 4.79 Å². The van der Waals surface area contributed by atoms with E-state index in [-0.39, 0.29) is 12.4 Å². The van der Waals surface area contributed by atoms with Crippen molar-refractivity contribution in [3.05, 3.63) is 70.6 Å². The number of aryl methyl sites for hydroxylation is 2. The van der Waals surface area contributed by atoms with Crippen LogP contribution < -0.4 is 5.73 Å². The number of nitrogens with two attached hydrogens (primary N) is 1. The minimum atomic E-state index is 0.130. The summed E-state index contributed by atoms with van der Waals surface area (Å²) in [6, 6.07) is 15.8. The number of Topliss-reactive ketones (excluding diaryl/α,β-unsaturated/α-hetero) is 1. The summed E-state index contributed by atoms with van der Waals surface area (Å²) < 4.78 is 0. The third-order valence-corrected chi connectivity index (χ3v) is 4.55. The molecule has 0 aliphatic rings. The van der Waals surface area contributed by atoms with Crippen LogP contribution in [0.4, 0.5) is 5.13 Å². The van der Waals surface area contributed by atoms with Crippen LogP contribution in [0.15, 0.2) is 53.9 Å². The van der Waals surface area contributed by atoms with E-state index in [9.17, 15) is 4.79 Å². The van der Waals surface area contributed by atoms with E-state index in [0.717, 1.165) is 16.8 Å². The number of aliphatic hydroxyl groups excluding tert-OH is 1. The number of carbonyl (C=O) groups is 1. The Bertz CT molecular complexity index is 815. The summed E-state index contributed by atoms with van der Waals surface area (Å²) >= 11 is 4.59. The summed E-state index contributed by atoms with van der Waals surface area (Å²) in [7, 11) is 0. The third-order valence-electron chi connectivity index (χ3n) is 3.36. The summed E-state index contributed by atoms with van der Waals surface area (Å²) in [5.41, 5.74) is 10.8. The van der Waals surface area contributed by atoms with Crippen LogP contribution >= 0.6 is 27.3 Å². The van der Waals surface area contributed by atoms with Crippen molar-refractivity contribution in [1.82, 2.24) is 4.98 Å². The van der Waals surface area contributed by atoms with E-state index in [1.165, 1.54) is 22.5 Å². The molecule has 144 valence electrons. The van der Waals surface area contributed by atoms with Crippen molar-refractivity contribution in [2.24, 2.45) is 0 Å². The average Bonchev–Trinajstić information content (AvgIpc) is 3.10. The molecule has 27 heavy (non-hydrogen) atoms. The highest BCUT2D eigenvalue weighted by Crippen LogP contribution is 2.22. The molecule has 0 spiro atoms. The zero-order chi connectivity index (χ0) is 20.2. The first-order valence-corrected chi connectivity index (χ1v) is 10.5. The smallest absolute Gasteiger partial charge is 0.180 e. The number of aromatic nitrogens is 1. The monoisotopic (exact) mass is 448 g/mol. The van der Waals surface area contributed by atoms with E-state index in [0.29, 0.717) is 10.5 Å². The van der Waals surface area contributed by atoms with Gasteiger partial charge in [0.25, 0.3) is 0 Å². The van der Waals surface area contributed by atoms with Crippen LogP contribution in [0.5, 0.6) is 0 Å².